The van der Waals surface area contributed by atoms with Gasteiger partial charge in [0.25, 0.3) is 0 Å². The number of rotatable bonds is 6. The minimum absolute atomic E-state index is 0.0639. The molecule has 0 bridgehead atoms. The highest BCUT2D eigenvalue weighted by molar-refractivity contribution is 5.72. The van der Waals surface area contributed by atoms with Crippen LogP contribution < -0.4 is 10.1 Å². The van der Waals surface area contributed by atoms with Gasteiger partial charge in [-0.15, -0.1) is 0 Å². The fourth-order valence-electron chi connectivity index (χ4n) is 3.06. The fourth-order valence-corrected chi connectivity index (χ4v) is 3.06. The van der Waals surface area contributed by atoms with Crippen LogP contribution in [0.1, 0.15) is 25.5 Å². The molecule has 0 aliphatic carbocycles. The van der Waals surface area contributed by atoms with Crippen molar-refractivity contribution < 1.29 is 23.9 Å². The molecule has 2 N–H and O–H groups in total. The quantitative estimate of drug-likeness (QED) is 0.818. The molecule has 1 fully saturated rings. The summed E-state index contributed by atoms with van der Waals surface area (Å²) >= 11 is 0. The lowest BCUT2D eigenvalue weighted by Gasteiger charge is -2.33. The number of ether oxygens (including phenoxy) is 2. The Balaban J connectivity index is 1.60. The number of carbonyl (C=O) groups is 1. The Labute approximate surface area is 152 Å². The molecule has 7 heteroatoms. The molecule has 0 radical (unpaired) electrons. The summed E-state index contributed by atoms with van der Waals surface area (Å²) in [4.78, 5) is 11.1. The predicted molar refractivity (Wildman–Crippen MR) is 94.8 cm³/mol. The maximum atomic E-state index is 11.1. The topological polar surface area (TPSA) is 93.8 Å². The van der Waals surface area contributed by atoms with Crippen LogP contribution in [0.25, 0.3) is 11.3 Å². The molecule has 3 rings (SSSR count). The summed E-state index contributed by atoms with van der Waals surface area (Å²) in [5.74, 6) is 1.34. The van der Waals surface area contributed by atoms with Gasteiger partial charge in [-0.2, -0.15) is 0 Å². The largest absolute Gasteiger partial charge is 0.497 e. The van der Waals surface area contributed by atoms with Gasteiger partial charge in [0.05, 0.1) is 25.0 Å². The first-order valence-electron chi connectivity index (χ1n) is 8.73. The lowest BCUT2D eigenvalue weighted by atomic mass is 9.98. The van der Waals surface area contributed by atoms with E-state index in [1.54, 1.807) is 7.11 Å². The molecule has 3 atom stereocenters. The van der Waals surface area contributed by atoms with Gasteiger partial charge in [0, 0.05) is 31.5 Å². The highest BCUT2D eigenvalue weighted by Gasteiger charge is 2.30. The van der Waals surface area contributed by atoms with Gasteiger partial charge in [-0.25, -0.2) is 0 Å². The van der Waals surface area contributed by atoms with Crippen LogP contribution >= 0.6 is 0 Å². The lowest BCUT2D eigenvalue weighted by molar-refractivity contribution is -0.127. The Morgan fingerprint density at radius 1 is 1.35 bits per heavy atom. The fraction of sp³-hybridized carbons (Fsp3) is 0.474. The summed E-state index contributed by atoms with van der Waals surface area (Å²) in [5.41, 5.74) is 1.73. The van der Waals surface area contributed by atoms with Crippen molar-refractivity contribution in [2.75, 3.05) is 13.7 Å². The number of carbonyl (C=O) groups excluding carboxylic acids is 1. The molecular weight excluding hydrogens is 336 g/mol. The number of aromatic nitrogens is 1. The number of hydrogen-bond donors (Lipinski definition) is 2. The van der Waals surface area contributed by atoms with E-state index in [0.29, 0.717) is 25.1 Å². The number of methoxy groups -OCH3 is 1. The highest BCUT2D eigenvalue weighted by Crippen LogP contribution is 2.26. The van der Waals surface area contributed by atoms with Crippen molar-refractivity contribution in [1.29, 1.82) is 0 Å². The molecule has 26 heavy (non-hydrogen) atoms. The Morgan fingerprint density at radius 2 is 2.12 bits per heavy atom. The first-order chi connectivity index (χ1) is 12.5. The molecule has 1 saturated heterocycles. The maximum Gasteiger partial charge on any atom is 0.216 e. The summed E-state index contributed by atoms with van der Waals surface area (Å²) in [6, 6.07) is 9.48. The van der Waals surface area contributed by atoms with Crippen molar-refractivity contribution in [3.63, 3.8) is 0 Å². The van der Waals surface area contributed by atoms with E-state index in [-0.39, 0.29) is 12.0 Å². The third-order valence-corrected chi connectivity index (χ3v) is 4.50. The monoisotopic (exact) mass is 360 g/mol. The number of nitrogens with one attached hydrogen (secondary N) is 1. The van der Waals surface area contributed by atoms with Crippen LogP contribution in [0.4, 0.5) is 0 Å². The van der Waals surface area contributed by atoms with Crippen LogP contribution in [0.3, 0.4) is 0 Å². The van der Waals surface area contributed by atoms with Crippen LogP contribution in [0.2, 0.25) is 0 Å². The Bertz CT molecular complexity index is 728. The van der Waals surface area contributed by atoms with Gasteiger partial charge in [-0.05, 0) is 37.1 Å². The van der Waals surface area contributed by atoms with Crippen molar-refractivity contribution >= 4 is 5.91 Å². The van der Waals surface area contributed by atoms with E-state index in [0.717, 1.165) is 23.4 Å². The summed E-state index contributed by atoms with van der Waals surface area (Å²) in [7, 11) is 1.63. The Kier molecular flexibility index (Phi) is 5.90. The van der Waals surface area contributed by atoms with Gasteiger partial charge in [-0.3, -0.25) is 4.79 Å². The number of benzene rings is 1. The average Bonchev–Trinajstić information content (AvgIpc) is 3.10. The van der Waals surface area contributed by atoms with Gasteiger partial charge in [0.15, 0.2) is 5.76 Å². The van der Waals surface area contributed by atoms with E-state index >= 15 is 0 Å². The molecule has 1 aromatic carbocycles. The van der Waals surface area contributed by atoms with E-state index in [2.05, 4.69) is 10.5 Å². The van der Waals surface area contributed by atoms with Gasteiger partial charge in [0.2, 0.25) is 5.91 Å². The van der Waals surface area contributed by atoms with Crippen LogP contribution in [-0.2, 0) is 16.0 Å². The van der Waals surface area contributed by atoms with Crippen LogP contribution in [0, 0.1) is 0 Å². The van der Waals surface area contributed by atoms with E-state index in [1.165, 1.54) is 6.92 Å². The van der Waals surface area contributed by atoms with Gasteiger partial charge in [0.1, 0.15) is 11.9 Å². The molecule has 2 heterocycles. The molecule has 1 amide bonds. The van der Waals surface area contributed by atoms with E-state index in [1.807, 2.05) is 30.3 Å². The number of aliphatic hydroxyl groups excluding tert-OH is 1. The zero-order valence-electron chi connectivity index (χ0n) is 15.0. The van der Waals surface area contributed by atoms with Gasteiger partial charge < -0.3 is 24.4 Å². The maximum absolute atomic E-state index is 11.1. The molecule has 140 valence electrons. The number of amides is 1. The normalized spacial score (nSPS) is 22.8. The van der Waals surface area contributed by atoms with E-state index in [9.17, 15) is 9.90 Å². The van der Waals surface area contributed by atoms with Crippen molar-refractivity contribution in [3.8, 4) is 17.1 Å². The molecule has 1 aliphatic heterocycles. The van der Waals surface area contributed by atoms with Crippen molar-refractivity contribution in [1.82, 2.24) is 10.5 Å². The summed E-state index contributed by atoms with van der Waals surface area (Å²) < 4.78 is 16.5. The third-order valence-electron chi connectivity index (χ3n) is 4.50. The minimum Gasteiger partial charge on any atom is -0.497 e. The molecule has 1 aliphatic rings. The number of nitrogens with zero attached hydrogens (tertiary/aromatic N) is 1. The predicted octanol–water partition coefficient (Wildman–Crippen LogP) is 1.94. The van der Waals surface area contributed by atoms with Crippen molar-refractivity contribution in [3.05, 3.63) is 36.0 Å². The Morgan fingerprint density at radius 3 is 2.81 bits per heavy atom. The van der Waals surface area contributed by atoms with Gasteiger partial charge in [-0.1, -0.05) is 5.16 Å². The van der Waals surface area contributed by atoms with Crippen LogP contribution in [0.15, 0.2) is 34.9 Å². The zero-order chi connectivity index (χ0) is 18.5. The van der Waals surface area contributed by atoms with Crippen LogP contribution in [0.5, 0.6) is 5.75 Å². The van der Waals surface area contributed by atoms with Crippen molar-refractivity contribution in [2.45, 2.75) is 44.5 Å². The average molecular weight is 360 g/mol. The Hall–Kier alpha value is -2.38. The molecule has 7 nitrogen and oxygen atoms in total. The first kappa shape index (κ1) is 18.4. The second-order valence-electron chi connectivity index (χ2n) is 6.49. The van der Waals surface area contributed by atoms with Crippen LogP contribution in [-0.4, -0.2) is 48.1 Å². The van der Waals surface area contributed by atoms with E-state index in [4.69, 9.17) is 14.0 Å². The van der Waals surface area contributed by atoms with Gasteiger partial charge >= 0.3 is 0 Å². The number of aliphatic hydroxyl groups is 1. The molecule has 0 spiro atoms. The molecule has 0 saturated carbocycles. The highest BCUT2D eigenvalue weighted by atomic mass is 16.5. The number of hydrogen-bond acceptors (Lipinski definition) is 6. The second kappa shape index (κ2) is 8.33. The lowest BCUT2D eigenvalue weighted by Crippen LogP contribution is -2.46. The SMILES string of the molecule is COc1ccc(-c2cc(C[C@@H]3CC[C@H](O)[C@@H](CNC(C)=O)O3)no2)cc1. The third kappa shape index (κ3) is 4.62. The summed E-state index contributed by atoms with van der Waals surface area (Å²) in [6.07, 6.45) is 0.950. The van der Waals surface area contributed by atoms with E-state index < -0.39 is 12.2 Å². The second-order valence-corrected chi connectivity index (χ2v) is 6.49. The zero-order valence-corrected chi connectivity index (χ0v) is 15.0. The molecule has 1 aromatic heterocycles. The summed E-state index contributed by atoms with van der Waals surface area (Å²) in [5, 5.41) is 16.9. The minimum atomic E-state index is -0.565. The molecular formula is C19H24N2O5. The summed E-state index contributed by atoms with van der Waals surface area (Å²) in [6.45, 7) is 1.76. The molecule has 2 aromatic rings. The smallest absolute Gasteiger partial charge is 0.216 e. The standard InChI is InChI=1S/C19H24N2O5/c1-12(22)20-11-19-17(23)8-7-16(25-19)9-14-10-18(26-21-14)13-3-5-15(24-2)6-4-13/h3-6,10,16-17,19,23H,7-9,11H2,1-2H3,(H,20,22)/t16-,17-,19+/m0/s1. The first-order valence-corrected chi connectivity index (χ1v) is 8.73. The molecule has 0 unspecified atom stereocenters. The van der Waals surface area contributed by atoms with Crippen molar-refractivity contribution in [2.24, 2.45) is 0 Å².